The van der Waals surface area contributed by atoms with Crippen LogP contribution >= 0.6 is 11.8 Å². The van der Waals surface area contributed by atoms with Gasteiger partial charge < -0.3 is 5.11 Å². The first-order valence-corrected chi connectivity index (χ1v) is 6.76. The molecule has 0 fully saturated rings. The lowest BCUT2D eigenvalue weighted by atomic mass is 10.1. The zero-order valence-electron chi connectivity index (χ0n) is 10.5. The molecule has 0 radical (unpaired) electrons. The molecule has 1 N–H and O–H groups in total. The third-order valence-corrected chi connectivity index (χ3v) is 3.61. The summed E-state index contributed by atoms with van der Waals surface area (Å²) in [5, 5.41) is 10.7. The SMILES string of the molecule is CC[C@@H](O)c1ccccc1Sc1ncc(C)cn1. The molecule has 0 spiro atoms. The summed E-state index contributed by atoms with van der Waals surface area (Å²) in [4.78, 5) is 9.55. The minimum atomic E-state index is -0.431. The molecule has 0 aliphatic heterocycles. The van der Waals surface area contributed by atoms with Crippen LogP contribution in [0.1, 0.15) is 30.6 Å². The molecule has 1 heterocycles. The number of aliphatic hydroxyl groups is 1. The fourth-order valence-electron chi connectivity index (χ4n) is 1.60. The molecule has 0 amide bonds. The normalized spacial score (nSPS) is 12.4. The van der Waals surface area contributed by atoms with Gasteiger partial charge in [-0.2, -0.15) is 0 Å². The average Bonchev–Trinajstić information content (AvgIpc) is 2.41. The molecule has 0 unspecified atom stereocenters. The van der Waals surface area contributed by atoms with Gasteiger partial charge in [0.2, 0.25) is 0 Å². The number of benzene rings is 1. The van der Waals surface area contributed by atoms with Gasteiger partial charge in [-0.05, 0) is 42.3 Å². The number of aromatic nitrogens is 2. The Morgan fingerprint density at radius 2 is 1.89 bits per heavy atom. The molecule has 1 aromatic carbocycles. The molecule has 2 aromatic rings. The van der Waals surface area contributed by atoms with E-state index >= 15 is 0 Å². The Bertz CT molecular complexity index is 513. The Hall–Kier alpha value is -1.39. The van der Waals surface area contributed by atoms with Crippen molar-refractivity contribution in [2.45, 2.75) is 36.4 Å². The smallest absolute Gasteiger partial charge is 0.192 e. The van der Waals surface area contributed by atoms with Crippen molar-refractivity contribution >= 4 is 11.8 Å². The molecule has 1 aromatic heterocycles. The first-order chi connectivity index (χ1) is 8.70. The Kier molecular flexibility index (Phi) is 4.33. The molecule has 0 aliphatic rings. The van der Waals surface area contributed by atoms with Gasteiger partial charge >= 0.3 is 0 Å². The molecule has 0 saturated carbocycles. The summed E-state index contributed by atoms with van der Waals surface area (Å²) in [5.41, 5.74) is 1.98. The topological polar surface area (TPSA) is 46.0 Å². The van der Waals surface area contributed by atoms with Crippen molar-refractivity contribution < 1.29 is 5.11 Å². The van der Waals surface area contributed by atoms with E-state index in [4.69, 9.17) is 0 Å². The fourth-order valence-corrected chi connectivity index (χ4v) is 2.48. The molecular formula is C14H16N2OS. The van der Waals surface area contributed by atoms with Crippen LogP contribution in [-0.2, 0) is 0 Å². The predicted molar refractivity (Wildman–Crippen MR) is 72.6 cm³/mol. The van der Waals surface area contributed by atoms with E-state index in [2.05, 4.69) is 9.97 Å². The number of aliphatic hydroxyl groups excluding tert-OH is 1. The van der Waals surface area contributed by atoms with E-state index in [-0.39, 0.29) is 0 Å². The first kappa shape index (κ1) is 13.1. The lowest BCUT2D eigenvalue weighted by Gasteiger charge is -2.12. The summed E-state index contributed by atoms with van der Waals surface area (Å²) in [5.74, 6) is 0. The Balaban J connectivity index is 2.26. The number of nitrogens with zero attached hydrogens (tertiary/aromatic N) is 2. The third-order valence-electron chi connectivity index (χ3n) is 2.62. The van der Waals surface area contributed by atoms with Gasteiger partial charge in [0.05, 0.1) is 6.10 Å². The summed E-state index contributed by atoms with van der Waals surface area (Å²) < 4.78 is 0. The van der Waals surface area contributed by atoms with Crippen LogP contribution in [0.2, 0.25) is 0 Å². The minimum Gasteiger partial charge on any atom is -0.388 e. The van der Waals surface area contributed by atoms with Crippen LogP contribution in [0.5, 0.6) is 0 Å². The van der Waals surface area contributed by atoms with Gasteiger partial charge in [-0.15, -0.1) is 0 Å². The average molecular weight is 260 g/mol. The van der Waals surface area contributed by atoms with Crippen molar-refractivity contribution in [1.29, 1.82) is 0 Å². The minimum absolute atomic E-state index is 0.431. The van der Waals surface area contributed by atoms with Crippen LogP contribution in [0.25, 0.3) is 0 Å². The van der Waals surface area contributed by atoms with Gasteiger partial charge in [0.1, 0.15) is 0 Å². The van der Waals surface area contributed by atoms with Gasteiger partial charge in [0.25, 0.3) is 0 Å². The van der Waals surface area contributed by atoms with E-state index in [1.807, 2.05) is 38.1 Å². The van der Waals surface area contributed by atoms with E-state index in [0.717, 1.165) is 16.0 Å². The maximum absolute atomic E-state index is 9.98. The van der Waals surface area contributed by atoms with Crippen molar-refractivity contribution in [1.82, 2.24) is 9.97 Å². The monoisotopic (exact) mass is 260 g/mol. The van der Waals surface area contributed by atoms with Crippen molar-refractivity contribution in [3.8, 4) is 0 Å². The van der Waals surface area contributed by atoms with Gasteiger partial charge in [-0.3, -0.25) is 0 Å². The van der Waals surface area contributed by atoms with E-state index in [1.165, 1.54) is 11.8 Å². The second-order valence-corrected chi connectivity index (χ2v) is 5.12. The van der Waals surface area contributed by atoms with Gasteiger partial charge in [0, 0.05) is 17.3 Å². The largest absolute Gasteiger partial charge is 0.388 e. The highest BCUT2D eigenvalue weighted by Crippen LogP contribution is 2.32. The quantitative estimate of drug-likeness (QED) is 0.856. The second-order valence-electron chi connectivity index (χ2n) is 4.11. The van der Waals surface area contributed by atoms with Crippen LogP contribution in [0.15, 0.2) is 46.7 Å². The summed E-state index contributed by atoms with van der Waals surface area (Å²) in [6, 6.07) is 7.84. The number of aryl methyl sites for hydroxylation is 1. The number of hydrogen-bond donors (Lipinski definition) is 1. The zero-order valence-corrected chi connectivity index (χ0v) is 11.3. The molecule has 18 heavy (non-hydrogen) atoms. The van der Waals surface area contributed by atoms with Crippen molar-refractivity contribution in [2.24, 2.45) is 0 Å². The van der Waals surface area contributed by atoms with E-state index in [0.29, 0.717) is 11.6 Å². The molecule has 3 nitrogen and oxygen atoms in total. The Morgan fingerprint density at radius 3 is 2.56 bits per heavy atom. The van der Waals surface area contributed by atoms with Gasteiger partial charge in [-0.25, -0.2) is 9.97 Å². The van der Waals surface area contributed by atoms with E-state index in [1.54, 1.807) is 12.4 Å². The van der Waals surface area contributed by atoms with E-state index in [9.17, 15) is 5.11 Å². The molecule has 0 aliphatic carbocycles. The van der Waals surface area contributed by atoms with Crippen LogP contribution in [0, 0.1) is 6.92 Å². The predicted octanol–water partition coefficient (Wildman–Crippen LogP) is 3.38. The summed E-state index contributed by atoms with van der Waals surface area (Å²) >= 11 is 1.48. The standard InChI is InChI=1S/C14H16N2OS/c1-3-12(17)11-6-4-5-7-13(11)18-14-15-8-10(2)9-16-14/h4-9,12,17H,3H2,1-2H3/t12-/m1/s1. The highest BCUT2D eigenvalue weighted by Gasteiger charge is 2.11. The molecule has 0 bridgehead atoms. The third kappa shape index (κ3) is 3.09. The van der Waals surface area contributed by atoms with Crippen molar-refractivity contribution in [2.75, 3.05) is 0 Å². The van der Waals surface area contributed by atoms with Crippen LogP contribution in [0.3, 0.4) is 0 Å². The van der Waals surface area contributed by atoms with Crippen LogP contribution in [-0.4, -0.2) is 15.1 Å². The summed E-state index contributed by atoms with van der Waals surface area (Å²) in [7, 11) is 0. The maximum Gasteiger partial charge on any atom is 0.192 e. The van der Waals surface area contributed by atoms with Crippen LogP contribution in [0.4, 0.5) is 0 Å². The van der Waals surface area contributed by atoms with Crippen molar-refractivity contribution in [3.63, 3.8) is 0 Å². The van der Waals surface area contributed by atoms with Crippen LogP contribution < -0.4 is 0 Å². The summed E-state index contributed by atoms with van der Waals surface area (Å²) in [6.07, 6.45) is 3.87. The lowest BCUT2D eigenvalue weighted by Crippen LogP contribution is -1.97. The number of hydrogen-bond acceptors (Lipinski definition) is 4. The maximum atomic E-state index is 9.98. The first-order valence-electron chi connectivity index (χ1n) is 5.94. The van der Waals surface area contributed by atoms with Crippen molar-refractivity contribution in [3.05, 3.63) is 47.8 Å². The van der Waals surface area contributed by atoms with Gasteiger partial charge in [0.15, 0.2) is 5.16 Å². The summed E-state index contributed by atoms with van der Waals surface area (Å²) in [6.45, 7) is 3.93. The molecular weight excluding hydrogens is 244 g/mol. The molecule has 2 rings (SSSR count). The second kappa shape index (κ2) is 5.98. The fraction of sp³-hybridized carbons (Fsp3) is 0.286. The highest BCUT2D eigenvalue weighted by atomic mass is 32.2. The Morgan fingerprint density at radius 1 is 1.22 bits per heavy atom. The number of rotatable bonds is 4. The molecule has 4 heteroatoms. The lowest BCUT2D eigenvalue weighted by molar-refractivity contribution is 0.171. The molecule has 1 atom stereocenters. The zero-order chi connectivity index (χ0) is 13.0. The van der Waals surface area contributed by atoms with E-state index < -0.39 is 6.10 Å². The molecule has 94 valence electrons. The Labute approximate surface area is 111 Å². The highest BCUT2D eigenvalue weighted by molar-refractivity contribution is 7.99. The van der Waals surface area contributed by atoms with Gasteiger partial charge in [-0.1, -0.05) is 25.1 Å². The molecule has 0 saturated heterocycles.